The van der Waals surface area contributed by atoms with Crippen molar-refractivity contribution in [3.05, 3.63) is 34.6 Å². The highest BCUT2D eigenvalue weighted by atomic mass is 35.5. The number of nitrogens with one attached hydrogen (secondary N) is 1. The summed E-state index contributed by atoms with van der Waals surface area (Å²) in [4.78, 5) is 0. The van der Waals surface area contributed by atoms with E-state index in [0.717, 1.165) is 0 Å². The average Bonchev–Trinajstić information content (AvgIpc) is 2.20. The maximum atomic E-state index is 13.0. The highest BCUT2D eigenvalue weighted by Crippen LogP contribution is 2.19. The van der Waals surface area contributed by atoms with Crippen LogP contribution >= 0.6 is 11.6 Å². The second kappa shape index (κ2) is 5.80. The summed E-state index contributed by atoms with van der Waals surface area (Å²) in [6, 6.07) is 3.80. The highest BCUT2D eigenvalue weighted by molar-refractivity contribution is 7.90. The van der Waals surface area contributed by atoms with Crippen LogP contribution in [0.1, 0.15) is 5.56 Å². The van der Waals surface area contributed by atoms with Gasteiger partial charge < -0.3 is 5.32 Å². The smallest absolute Gasteiger partial charge is 0.148 e. The maximum Gasteiger partial charge on any atom is 0.148 e. The van der Waals surface area contributed by atoms with Crippen LogP contribution in [0.15, 0.2) is 18.2 Å². The molecule has 0 radical (unpaired) electrons. The fraction of sp³-hybridized carbons (Fsp3) is 0.455. The van der Waals surface area contributed by atoms with Gasteiger partial charge in [-0.3, -0.25) is 0 Å². The standard InChI is InChI=1S/C11H15ClFNO2S/c1-14-10(7-17(2,15)16)6-8-5-9(13)3-4-11(8)12/h3-5,10,14H,6-7H2,1-2H3. The number of benzene rings is 1. The van der Waals surface area contributed by atoms with Gasteiger partial charge >= 0.3 is 0 Å². The molecule has 0 spiro atoms. The van der Waals surface area contributed by atoms with Crippen LogP contribution in [0, 0.1) is 5.82 Å². The lowest BCUT2D eigenvalue weighted by atomic mass is 10.1. The molecule has 1 aromatic rings. The van der Waals surface area contributed by atoms with Gasteiger partial charge in [0, 0.05) is 17.3 Å². The molecule has 0 saturated heterocycles. The summed E-state index contributed by atoms with van der Waals surface area (Å²) >= 11 is 5.92. The van der Waals surface area contributed by atoms with Crippen molar-refractivity contribution in [2.75, 3.05) is 19.1 Å². The van der Waals surface area contributed by atoms with E-state index in [1.807, 2.05) is 0 Å². The molecular weight excluding hydrogens is 265 g/mol. The van der Waals surface area contributed by atoms with Gasteiger partial charge in [-0.05, 0) is 37.2 Å². The lowest BCUT2D eigenvalue weighted by Crippen LogP contribution is -2.34. The highest BCUT2D eigenvalue weighted by Gasteiger charge is 2.15. The van der Waals surface area contributed by atoms with Crippen LogP contribution in [0.3, 0.4) is 0 Å². The molecule has 17 heavy (non-hydrogen) atoms. The predicted octanol–water partition coefficient (Wildman–Crippen LogP) is 1.65. The SMILES string of the molecule is CNC(Cc1cc(F)ccc1Cl)CS(C)(=O)=O. The minimum absolute atomic E-state index is 0.00363. The molecule has 1 unspecified atom stereocenters. The van der Waals surface area contributed by atoms with E-state index in [-0.39, 0.29) is 17.6 Å². The Hall–Kier alpha value is -0.650. The van der Waals surface area contributed by atoms with Crippen molar-refractivity contribution in [2.45, 2.75) is 12.5 Å². The largest absolute Gasteiger partial charge is 0.316 e. The number of hydrogen-bond acceptors (Lipinski definition) is 3. The van der Waals surface area contributed by atoms with Crippen molar-refractivity contribution in [3.8, 4) is 0 Å². The van der Waals surface area contributed by atoms with Crippen LogP contribution in [0.25, 0.3) is 0 Å². The van der Waals surface area contributed by atoms with E-state index in [0.29, 0.717) is 17.0 Å². The van der Waals surface area contributed by atoms with Gasteiger partial charge in [0.25, 0.3) is 0 Å². The van der Waals surface area contributed by atoms with Gasteiger partial charge in [-0.25, -0.2) is 12.8 Å². The molecule has 1 atom stereocenters. The van der Waals surface area contributed by atoms with E-state index >= 15 is 0 Å². The summed E-state index contributed by atoms with van der Waals surface area (Å²) in [5.41, 5.74) is 0.606. The molecule has 0 aliphatic heterocycles. The van der Waals surface area contributed by atoms with Gasteiger partial charge in [0.1, 0.15) is 15.7 Å². The third-order valence-electron chi connectivity index (χ3n) is 2.39. The van der Waals surface area contributed by atoms with Crippen LogP contribution in [0.2, 0.25) is 5.02 Å². The van der Waals surface area contributed by atoms with Crippen LogP contribution in [-0.2, 0) is 16.3 Å². The lowest BCUT2D eigenvalue weighted by molar-refractivity contribution is 0.565. The number of rotatable bonds is 5. The first-order valence-electron chi connectivity index (χ1n) is 5.10. The van der Waals surface area contributed by atoms with E-state index < -0.39 is 9.84 Å². The van der Waals surface area contributed by atoms with Gasteiger partial charge in [-0.1, -0.05) is 11.6 Å². The maximum absolute atomic E-state index is 13.0. The fourth-order valence-corrected chi connectivity index (χ4v) is 2.79. The first-order valence-corrected chi connectivity index (χ1v) is 7.54. The normalized spacial score (nSPS) is 13.6. The first kappa shape index (κ1) is 14.4. The lowest BCUT2D eigenvalue weighted by Gasteiger charge is -2.15. The summed E-state index contributed by atoms with van der Waals surface area (Å²) in [6.07, 6.45) is 1.55. The zero-order chi connectivity index (χ0) is 13.1. The average molecular weight is 280 g/mol. The molecule has 1 rings (SSSR count). The van der Waals surface area contributed by atoms with E-state index in [2.05, 4.69) is 5.32 Å². The Morgan fingerprint density at radius 2 is 2.12 bits per heavy atom. The number of sulfone groups is 1. The van der Waals surface area contributed by atoms with Crippen molar-refractivity contribution in [1.29, 1.82) is 0 Å². The molecule has 1 N–H and O–H groups in total. The van der Waals surface area contributed by atoms with Crippen LogP contribution in [-0.4, -0.2) is 33.5 Å². The predicted molar refractivity (Wildman–Crippen MR) is 67.7 cm³/mol. The Morgan fingerprint density at radius 3 is 2.65 bits per heavy atom. The van der Waals surface area contributed by atoms with Gasteiger partial charge in [-0.2, -0.15) is 0 Å². The molecule has 1 aromatic carbocycles. The molecular formula is C11H15ClFNO2S. The summed E-state index contributed by atoms with van der Waals surface area (Å²) < 4.78 is 35.4. The number of hydrogen-bond donors (Lipinski definition) is 1. The molecule has 0 aromatic heterocycles. The first-order chi connectivity index (χ1) is 7.81. The topological polar surface area (TPSA) is 46.2 Å². The molecule has 0 amide bonds. The minimum Gasteiger partial charge on any atom is -0.316 e. The molecule has 0 heterocycles. The van der Waals surface area contributed by atoms with Crippen molar-refractivity contribution in [3.63, 3.8) is 0 Å². The molecule has 0 bridgehead atoms. The third-order valence-corrected chi connectivity index (χ3v) is 3.76. The van der Waals surface area contributed by atoms with Crippen LogP contribution in [0.4, 0.5) is 4.39 Å². The second-order valence-electron chi connectivity index (χ2n) is 4.02. The molecule has 96 valence electrons. The Labute approximate surface area is 106 Å². The van der Waals surface area contributed by atoms with Crippen molar-refractivity contribution < 1.29 is 12.8 Å². The van der Waals surface area contributed by atoms with E-state index in [1.165, 1.54) is 24.5 Å². The summed E-state index contributed by atoms with van der Waals surface area (Å²) in [5.74, 6) is -0.380. The second-order valence-corrected chi connectivity index (χ2v) is 6.61. The van der Waals surface area contributed by atoms with Crippen LogP contribution < -0.4 is 5.32 Å². The van der Waals surface area contributed by atoms with Crippen molar-refractivity contribution >= 4 is 21.4 Å². The monoisotopic (exact) mass is 279 g/mol. The van der Waals surface area contributed by atoms with E-state index in [1.54, 1.807) is 7.05 Å². The molecule has 0 saturated carbocycles. The molecule has 0 aliphatic rings. The van der Waals surface area contributed by atoms with Crippen LogP contribution in [0.5, 0.6) is 0 Å². The Balaban J connectivity index is 2.84. The van der Waals surface area contributed by atoms with Crippen molar-refractivity contribution in [2.24, 2.45) is 0 Å². The summed E-state index contributed by atoms with van der Waals surface area (Å²) in [7, 11) is -1.41. The van der Waals surface area contributed by atoms with Gasteiger partial charge in [-0.15, -0.1) is 0 Å². The molecule has 0 fully saturated rings. The van der Waals surface area contributed by atoms with Gasteiger partial charge in [0.2, 0.25) is 0 Å². The molecule has 0 aliphatic carbocycles. The summed E-state index contributed by atoms with van der Waals surface area (Å²) in [5, 5.41) is 3.34. The zero-order valence-corrected chi connectivity index (χ0v) is 11.3. The van der Waals surface area contributed by atoms with Gasteiger partial charge in [0.15, 0.2) is 0 Å². The number of likely N-dealkylation sites (N-methyl/N-ethyl adjacent to an activating group) is 1. The number of halogens is 2. The zero-order valence-electron chi connectivity index (χ0n) is 9.70. The molecule has 3 nitrogen and oxygen atoms in total. The molecule has 6 heteroatoms. The summed E-state index contributed by atoms with van der Waals surface area (Å²) in [6.45, 7) is 0. The minimum atomic E-state index is -3.08. The quantitative estimate of drug-likeness (QED) is 0.892. The Bertz CT molecular complexity index is 490. The Morgan fingerprint density at radius 1 is 1.47 bits per heavy atom. The van der Waals surface area contributed by atoms with Gasteiger partial charge in [0.05, 0.1) is 5.75 Å². The fourth-order valence-electron chi connectivity index (χ4n) is 1.57. The van der Waals surface area contributed by atoms with E-state index in [9.17, 15) is 12.8 Å². The van der Waals surface area contributed by atoms with E-state index in [4.69, 9.17) is 11.6 Å². The van der Waals surface area contributed by atoms with Crippen molar-refractivity contribution in [1.82, 2.24) is 5.32 Å². The third kappa shape index (κ3) is 5.02. The Kier molecular flexibility index (Phi) is 4.91.